The molecule has 0 aliphatic rings. The van der Waals surface area contributed by atoms with Crippen molar-refractivity contribution in [1.29, 1.82) is 0 Å². The van der Waals surface area contributed by atoms with Gasteiger partial charge in [0, 0.05) is 13.6 Å². The maximum Gasteiger partial charge on any atom is 0.145 e. The Morgan fingerprint density at radius 3 is 2.71 bits per heavy atom. The third-order valence-electron chi connectivity index (χ3n) is 0.486. The molecule has 0 saturated carbocycles. The normalized spacial score (nSPS) is 8.86. The van der Waals surface area contributed by atoms with Crippen LogP contribution in [0, 0.1) is 0 Å². The van der Waals surface area contributed by atoms with Gasteiger partial charge in [0.15, 0.2) is 0 Å². The van der Waals surface area contributed by atoms with Gasteiger partial charge in [0.25, 0.3) is 0 Å². The molecule has 0 fully saturated rings. The minimum Gasteiger partial charge on any atom is -0.364 e. The maximum absolute atomic E-state index is 4.85. The molecule has 3 heteroatoms. The van der Waals surface area contributed by atoms with Crippen molar-refractivity contribution in [3.63, 3.8) is 0 Å². The van der Waals surface area contributed by atoms with Gasteiger partial charge >= 0.3 is 0 Å². The first-order chi connectivity index (χ1) is 3.41. The summed E-state index contributed by atoms with van der Waals surface area (Å²) in [6, 6.07) is 0. The molecular formula is C4H10BO2. The molecule has 0 N–H and O–H groups in total. The molecule has 0 spiro atoms. The Bertz CT molecular complexity index is 28.9. The average Bonchev–Trinajstić information content (AvgIpc) is 1.69. The molecule has 1 radical (unpaired) electrons. The van der Waals surface area contributed by atoms with E-state index >= 15 is 0 Å². The smallest absolute Gasteiger partial charge is 0.145 e. The Balaban J connectivity index is 2.45. The van der Waals surface area contributed by atoms with Crippen molar-refractivity contribution in [2.24, 2.45) is 0 Å². The second-order valence-corrected chi connectivity index (χ2v) is 1.19. The van der Waals surface area contributed by atoms with Crippen LogP contribution in [-0.4, -0.2) is 27.7 Å². The van der Waals surface area contributed by atoms with E-state index in [4.69, 9.17) is 4.74 Å². The summed E-state index contributed by atoms with van der Waals surface area (Å²) in [5.74, 6) is 0. The number of ether oxygens (including phenoxy) is 2. The maximum atomic E-state index is 4.85. The zero-order valence-electron chi connectivity index (χ0n) is 4.81. The standard InChI is InChI=1S/C4H10BO2/c1-5-3-7-4-6-2/h3-4H2,1-2H3. The second kappa shape index (κ2) is 5.98. The summed E-state index contributed by atoms with van der Waals surface area (Å²) in [7, 11) is 3.54. The third kappa shape index (κ3) is 5.98. The van der Waals surface area contributed by atoms with Crippen LogP contribution in [0.25, 0.3) is 0 Å². The van der Waals surface area contributed by atoms with E-state index in [1.54, 1.807) is 7.11 Å². The Hall–Kier alpha value is -0.0151. The van der Waals surface area contributed by atoms with Crippen LogP contribution in [0.4, 0.5) is 0 Å². The molecule has 0 aromatic heterocycles. The molecule has 0 unspecified atom stereocenters. The van der Waals surface area contributed by atoms with Crippen molar-refractivity contribution in [2.45, 2.75) is 6.82 Å². The van der Waals surface area contributed by atoms with Crippen LogP contribution in [0.1, 0.15) is 0 Å². The topological polar surface area (TPSA) is 18.5 Å². The van der Waals surface area contributed by atoms with Crippen LogP contribution in [0.3, 0.4) is 0 Å². The van der Waals surface area contributed by atoms with Crippen LogP contribution in [0.15, 0.2) is 0 Å². The first-order valence-electron chi connectivity index (χ1n) is 2.26. The monoisotopic (exact) mass is 101 g/mol. The Morgan fingerprint density at radius 1 is 1.57 bits per heavy atom. The van der Waals surface area contributed by atoms with Crippen LogP contribution >= 0.6 is 0 Å². The molecule has 0 amide bonds. The second-order valence-electron chi connectivity index (χ2n) is 1.19. The summed E-state index contributed by atoms with van der Waals surface area (Å²) in [5.41, 5.74) is 0. The van der Waals surface area contributed by atoms with Gasteiger partial charge in [-0.15, -0.1) is 0 Å². The minimum atomic E-state index is 0.393. The number of hydrogen-bond donors (Lipinski definition) is 0. The lowest BCUT2D eigenvalue weighted by atomic mass is 9.85. The largest absolute Gasteiger partial charge is 0.364 e. The highest BCUT2D eigenvalue weighted by molar-refractivity contribution is 6.33. The molecule has 0 aliphatic heterocycles. The summed E-state index contributed by atoms with van der Waals surface area (Å²) in [6.45, 7) is 3.01. The van der Waals surface area contributed by atoms with E-state index in [9.17, 15) is 0 Å². The van der Waals surface area contributed by atoms with Gasteiger partial charge in [0.05, 0.1) is 0 Å². The summed E-state index contributed by atoms with van der Waals surface area (Å²) in [4.78, 5) is 0. The van der Waals surface area contributed by atoms with Crippen molar-refractivity contribution in [3.05, 3.63) is 0 Å². The number of hydrogen-bond acceptors (Lipinski definition) is 2. The summed E-state index contributed by atoms with van der Waals surface area (Å²) < 4.78 is 9.46. The van der Waals surface area contributed by atoms with Crippen LogP contribution in [0.5, 0.6) is 0 Å². The molecule has 0 rings (SSSR count). The van der Waals surface area contributed by atoms with Gasteiger partial charge in [0.2, 0.25) is 0 Å². The molecule has 2 nitrogen and oxygen atoms in total. The fourth-order valence-corrected chi connectivity index (χ4v) is 0.249. The number of methoxy groups -OCH3 is 1. The summed E-state index contributed by atoms with van der Waals surface area (Å²) in [5, 5.41) is 0. The molecular weight excluding hydrogens is 90.9 g/mol. The highest BCUT2D eigenvalue weighted by Crippen LogP contribution is 1.70. The minimum absolute atomic E-state index is 0.393. The van der Waals surface area contributed by atoms with Crippen LogP contribution in [-0.2, 0) is 9.47 Å². The number of rotatable bonds is 4. The summed E-state index contributed by atoms with van der Waals surface area (Å²) in [6.07, 6.45) is 0. The van der Waals surface area contributed by atoms with Crippen molar-refractivity contribution >= 4 is 7.28 Å². The van der Waals surface area contributed by atoms with E-state index in [0.29, 0.717) is 13.3 Å². The molecule has 7 heavy (non-hydrogen) atoms. The predicted molar refractivity (Wildman–Crippen MR) is 29.4 cm³/mol. The Morgan fingerprint density at radius 2 is 2.29 bits per heavy atom. The predicted octanol–water partition coefficient (Wildman–Crippen LogP) is 0.317. The van der Waals surface area contributed by atoms with Crippen molar-refractivity contribution in [3.8, 4) is 0 Å². The molecule has 0 aromatic carbocycles. The Kier molecular flexibility index (Phi) is 5.97. The van der Waals surface area contributed by atoms with E-state index in [1.807, 2.05) is 14.1 Å². The SMILES string of the molecule is C[B]COCOC. The lowest BCUT2D eigenvalue weighted by Gasteiger charge is -1.96. The zero-order valence-corrected chi connectivity index (χ0v) is 4.81. The lowest BCUT2D eigenvalue weighted by Crippen LogP contribution is -2.01. The molecule has 0 atom stereocenters. The van der Waals surface area contributed by atoms with Gasteiger partial charge in [-0.1, -0.05) is 6.82 Å². The van der Waals surface area contributed by atoms with Gasteiger partial charge in [-0.2, -0.15) is 0 Å². The molecule has 0 saturated heterocycles. The fourth-order valence-electron chi connectivity index (χ4n) is 0.249. The van der Waals surface area contributed by atoms with Gasteiger partial charge < -0.3 is 9.47 Å². The first-order valence-corrected chi connectivity index (χ1v) is 2.26. The van der Waals surface area contributed by atoms with E-state index in [0.717, 1.165) is 0 Å². The highest BCUT2D eigenvalue weighted by Gasteiger charge is 1.79. The van der Waals surface area contributed by atoms with Crippen LogP contribution < -0.4 is 0 Å². The van der Waals surface area contributed by atoms with Gasteiger partial charge in [-0.3, -0.25) is 0 Å². The van der Waals surface area contributed by atoms with Crippen molar-refractivity contribution in [2.75, 3.05) is 20.4 Å². The molecule has 0 aromatic rings. The molecule has 0 heterocycles. The average molecular weight is 101 g/mol. The highest BCUT2D eigenvalue weighted by atomic mass is 16.7. The Labute approximate surface area is 45.0 Å². The van der Waals surface area contributed by atoms with Crippen molar-refractivity contribution < 1.29 is 9.47 Å². The van der Waals surface area contributed by atoms with Crippen molar-refractivity contribution in [1.82, 2.24) is 0 Å². The zero-order chi connectivity index (χ0) is 5.54. The molecule has 0 aliphatic carbocycles. The van der Waals surface area contributed by atoms with Crippen LogP contribution in [0.2, 0.25) is 6.82 Å². The van der Waals surface area contributed by atoms with E-state index in [2.05, 4.69) is 4.74 Å². The van der Waals surface area contributed by atoms with E-state index < -0.39 is 0 Å². The van der Waals surface area contributed by atoms with E-state index in [-0.39, 0.29) is 0 Å². The quantitative estimate of drug-likeness (QED) is 0.288. The van der Waals surface area contributed by atoms with Gasteiger partial charge in [-0.05, 0) is 0 Å². The van der Waals surface area contributed by atoms with Gasteiger partial charge in [-0.25, -0.2) is 0 Å². The van der Waals surface area contributed by atoms with E-state index in [1.165, 1.54) is 0 Å². The third-order valence-corrected chi connectivity index (χ3v) is 0.486. The molecule has 0 bridgehead atoms. The lowest BCUT2D eigenvalue weighted by molar-refractivity contribution is -0.0122. The molecule has 41 valence electrons. The summed E-state index contributed by atoms with van der Waals surface area (Å²) >= 11 is 0. The van der Waals surface area contributed by atoms with Gasteiger partial charge in [0.1, 0.15) is 14.1 Å². The first kappa shape index (κ1) is 6.98. The fraction of sp³-hybridized carbons (Fsp3) is 1.00.